The van der Waals surface area contributed by atoms with Gasteiger partial charge in [0.05, 0.1) is 6.42 Å². The Balaban J connectivity index is 1.50. The van der Waals surface area contributed by atoms with Gasteiger partial charge in [0.2, 0.25) is 5.91 Å². The van der Waals surface area contributed by atoms with Crippen LogP contribution in [0.4, 0.5) is 0 Å². The van der Waals surface area contributed by atoms with Gasteiger partial charge in [-0.05, 0) is 23.8 Å². The van der Waals surface area contributed by atoms with Gasteiger partial charge in [0, 0.05) is 12.6 Å². The van der Waals surface area contributed by atoms with Crippen molar-refractivity contribution in [2.24, 2.45) is 0 Å². The Labute approximate surface area is 128 Å². The number of hydrogen-bond acceptors (Lipinski definition) is 1. The van der Waals surface area contributed by atoms with E-state index in [1.807, 2.05) is 60.7 Å². The van der Waals surface area contributed by atoms with Crippen molar-refractivity contribution in [3.8, 4) is 0 Å². The summed E-state index contributed by atoms with van der Waals surface area (Å²) in [5.41, 5.74) is 3.17. The molecule has 0 saturated carbocycles. The first-order valence-corrected chi connectivity index (χ1v) is 7.31. The van der Waals surface area contributed by atoms with E-state index in [-0.39, 0.29) is 5.91 Å². The van der Waals surface area contributed by atoms with Crippen LogP contribution in [-0.2, 0) is 11.2 Å². The van der Waals surface area contributed by atoms with Gasteiger partial charge in [0.15, 0.2) is 11.0 Å². The Morgan fingerprint density at radius 3 is 2.68 bits per heavy atom. The van der Waals surface area contributed by atoms with Gasteiger partial charge in [-0.25, -0.2) is 9.97 Å². The molecule has 2 aromatic carbocycles. The van der Waals surface area contributed by atoms with Crippen LogP contribution in [0.2, 0.25) is 0 Å². The number of carbonyl (C=O) groups is 1. The van der Waals surface area contributed by atoms with E-state index in [1.54, 1.807) is 6.08 Å². The average Bonchev–Trinajstić information content (AvgIpc) is 2.96. The molecular weight excluding hydrogens is 274 g/mol. The third kappa shape index (κ3) is 3.61. The Kier molecular flexibility index (Phi) is 4.30. The number of hydrogen-bond donors (Lipinski definition) is 2. The van der Waals surface area contributed by atoms with Crippen LogP contribution in [0.15, 0.2) is 60.7 Å². The number of H-pyrrole nitrogens is 2. The third-order valence-electron chi connectivity index (χ3n) is 3.40. The first-order valence-electron chi connectivity index (χ1n) is 7.31. The van der Waals surface area contributed by atoms with Gasteiger partial charge < -0.3 is 5.32 Å². The minimum atomic E-state index is -0.0834. The summed E-state index contributed by atoms with van der Waals surface area (Å²) in [6.07, 6.45) is 4.11. The van der Waals surface area contributed by atoms with Crippen LogP contribution in [0.25, 0.3) is 17.1 Å². The highest BCUT2D eigenvalue weighted by molar-refractivity contribution is 5.91. The van der Waals surface area contributed by atoms with Gasteiger partial charge >= 0.3 is 0 Å². The van der Waals surface area contributed by atoms with Crippen molar-refractivity contribution in [3.05, 3.63) is 72.1 Å². The predicted molar refractivity (Wildman–Crippen MR) is 87.0 cm³/mol. The molecule has 3 rings (SSSR count). The summed E-state index contributed by atoms with van der Waals surface area (Å²) in [6, 6.07) is 17.8. The van der Waals surface area contributed by atoms with Gasteiger partial charge in [-0.3, -0.25) is 4.79 Å². The first kappa shape index (κ1) is 14.1. The van der Waals surface area contributed by atoms with E-state index in [4.69, 9.17) is 0 Å². The zero-order valence-corrected chi connectivity index (χ0v) is 12.2. The van der Waals surface area contributed by atoms with E-state index in [0.29, 0.717) is 6.54 Å². The van der Waals surface area contributed by atoms with Crippen LogP contribution in [0.1, 0.15) is 11.4 Å². The van der Waals surface area contributed by atoms with E-state index in [9.17, 15) is 4.79 Å². The largest absolute Gasteiger partial charge is 0.352 e. The van der Waals surface area contributed by atoms with E-state index in [2.05, 4.69) is 15.3 Å². The van der Waals surface area contributed by atoms with Crippen molar-refractivity contribution in [2.45, 2.75) is 6.42 Å². The molecule has 0 radical (unpaired) electrons. The van der Waals surface area contributed by atoms with Crippen molar-refractivity contribution in [2.75, 3.05) is 6.54 Å². The quantitative estimate of drug-likeness (QED) is 0.697. The second kappa shape index (κ2) is 6.72. The third-order valence-corrected chi connectivity index (χ3v) is 3.40. The van der Waals surface area contributed by atoms with E-state index >= 15 is 0 Å². The van der Waals surface area contributed by atoms with Gasteiger partial charge in [0.25, 0.3) is 5.82 Å². The fourth-order valence-corrected chi connectivity index (χ4v) is 2.29. The molecule has 4 nitrogen and oxygen atoms in total. The molecule has 4 heteroatoms. The average molecular weight is 292 g/mol. The molecule has 0 spiro atoms. The molecule has 0 aliphatic carbocycles. The molecule has 1 amide bonds. The molecule has 0 saturated heterocycles. The fourth-order valence-electron chi connectivity index (χ4n) is 2.29. The topological polar surface area (TPSA) is 59.0 Å². The number of nitrogens with one attached hydrogen (secondary N) is 3. The summed E-state index contributed by atoms with van der Waals surface area (Å²) in [5.74, 6) is 0.925. The van der Waals surface area contributed by atoms with Crippen LogP contribution in [0.3, 0.4) is 0 Å². The molecule has 1 aromatic heterocycles. The lowest BCUT2D eigenvalue weighted by Gasteiger charge is -1.98. The SMILES string of the molecule is O=C(C=Cc1ccccc1)NCCc1[nH]c2ccccc2[nH+]1. The summed E-state index contributed by atoms with van der Waals surface area (Å²) >= 11 is 0. The molecule has 1 heterocycles. The minimum Gasteiger partial charge on any atom is -0.352 e. The molecule has 0 unspecified atom stereocenters. The molecule has 3 N–H and O–H groups in total. The van der Waals surface area contributed by atoms with Crippen molar-refractivity contribution >= 4 is 23.0 Å². The summed E-state index contributed by atoms with van der Waals surface area (Å²) < 4.78 is 0. The molecular formula is C18H18N3O+. The maximum atomic E-state index is 11.8. The summed E-state index contributed by atoms with van der Waals surface area (Å²) in [5, 5.41) is 2.88. The molecule has 0 atom stereocenters. The number of benzene rings is 2. The summed E-state index contributed by atoms with van der Waals surface area (Å²) in [4.78, 5) is 18.4. The number of imidazole rings is 1. The second-order valence-electron chi connectivity index (χ2n) is 5.06. The van der Waals surface area contributed by atoms with Crippen LogP contribution in [0, 0.1) is 0 Å². The summed E-state index contributed by atoms with van der Waals surface area (Å²) in [7, 11) is 0. The number of rotatable bonds is 5. The lowest BCUT2D eigenvalue weighted by molar-refractivity contribution is -0.357. The van der Waals surface area contributed by atoms with Gasteiger partial charge in [-0.1, -0.05) is 42.5 Å². The van der Waals surface area contributed by atoms with Gasteiger partial charge in [-0.15, -0.1) is 0 Å². The van der Waals surface area contributed by atoms with Crippen molar-refractivity contribution in [1.82, 2.24) is 10.3 Å². The lowest BCUT2D eigenvalue weighted by atomic mass is 10.2. The molecule has 0 aliphatic heterocycles. The fraction of sp³-hybridized carbons (Fsp3) is 0.111. The lowest BCUT2D eigenvalue weighted by Crippen LogP contribution is -2.25. The maximum absolute atomic E-state index is 11.8. The first-order chi connectivity index (χ1) is 10.8. The Morgan fingerprint density at radius 1 is 1.09 bits per heavy atom. The molecule has 0 bridgehead atoms. The highest BCUT2D eigenvalue weighted by Gasteiger charge is 2.08. The number of aromatic amines is 2. The molecule has 110 valence electrons. The Morgan fingerprint density at radius 2 is 1.86 bits per heavy atom. The monoisotopic (exact) mass is 292 g/mol. The van der Waals surface area contributed by atoms with Crippen molar-refractivity contribution in [1.29, 1.82) is 0 Å². The van der Waals surface area contributed by atoms with E-state index < -0.39 is 0 Å². The zero-order chi connectivity index (χ0) is 15.2. The number of fused-ring (bicyclic) bond motifs is 1. The van der Waals surface area contributed by atoms with E-state index in [1.165, 1.54) is 0 Å². The number of carbonyl (C=O) groups excluding carboxylic acids is 1. The Hall–Kier alpha value is -2.88. The highest BCUT2D eigenvalue weighted by atomic mass is 16.1. The number of para-hydroxylation sites is 2. The highest BCUT2D eigenvalue weighted by Crippen LogP contribution is 2.06. The van der Waals surface area contributed by atoms with Crippen LogP contribution in [0.5, 0.6) is 0 Å². The van der Waals surface area contributed by atoms with Crippen molar-refractivity contribution < 1.29 is 9.78 Å². The standard InChI is InChI=1S/C18H17N3O/c22-18(11-10-14-6-2-1-3-7-14)19-13-12-17-20-15-8-4-5-9-16(15)21-17/h1-11H,12-13H2,(H,19,22)(H,20,21)/p+1. The molecule has 0 fully saturated rings. The van der Waals surface area contributed by atoms with Crippen LogP contribution < -0.4 is 10.3 Å². The normalized spacial score (nSPS) is 11.1. The molecule has 0 aliphatic rings. The summed E-state index contributed by atoms with van der Waals surface area (Å²) in [6.45, 7) is 0.585. The zero-order valence-electron chi connectivity index (χ0n) is 12.2. The van der Waals surface area contributed by atoms with E-state index in [0.717, 1.165) is 28.8 Å². The van der Waals surface area contributed by atoms with Crippen LogP contribution >= 0.6 is 0 Å². The Bertz CT molecular complexity index is 757. The minimum absolute atomic E-state index is 0.0834. The predicted octanol–water partition coefficient (Wildman–Crippen LogP) is 2.35. The second-order valence-corrected chi connectivity index (χ2v) is 5.06. The van der Waals surface area contributed by atoms with Crippen molar-refractivity contribution in [3.63, 3.8) is 0 Å². The van der Waals surface area contributed by atoms with Gasteiger partial charge in [0.1, 0.15) is 0 Å². The smallest absolute Gasteiger partial charge is 0.254 e. The maximum Gasteiger partial charge on any atom is 0.254 e. The van der Waals surface area contributed by atoms with Gasteiger partial charge in [-0.2, -0.15) is 0 Å². The number of amides is 1. The molecule has 22 heavy (non-hydrogen) atoms. The number of aromatic nitrogens is 2. The molecule has 3 aromatic rings. The van der Waals surface area contributed by atoms with Crippen LogP contribution in [-0.4, -0.2) is 17.4 Å².